The van der Waals surface area contributed by atoms with Crippen molar-refractivity contribution in [2.24, 2.45) is 5.73 Å². The lowest BCUT2D eigenvalue weighted by atomic mass is 10.0. The number of nitrogens with two attached hydrogens (primary N) is 1. The molecule has 1 atom stereocenters. The lowest BCUT2D eigenvalue weighted by Gasteiger charge is -2.18. The minimum absolute atomic E-state index is 0.193. The molecule has 18 heavy (non-hydrogen) atoms. The average Bonchev–Trinajstić information content (AvgIpc) is 2.70. The molecule has 0 aliphatic carbocycles. The molecule has 1 aromatic heterocycles. The third-order valence-corrected chi connectivity index (χ3v) is 3.88. The molecule has 0 amide bonds. The molecule has 0 aliphatic heterocycles. The van der Waals surface area contributed by atoms with Gasteiger partial charge in [0.15, 0.2) is 0 Å². The zero-order chi connectivity index (χ0) is 13.3. The van der Waals surface area contributed by atoms with E-state index in [0.29, 0.717) is 0 Å². The van der Waals surface area contributed by atoms with Crippen LogP contribution < -0.4 is 5.73 Å². The van der Waals surface area contributed by atoms with Crippen LogP contribution in [0.15, 0.2) is 39.4 Å². The van der Waals surface area contributed by atoms with E-state index in [2.05, 4.69) is 50.8 Å². The molecular formula is C13H15Br2N3. The van der Waals surface area contributed by atoms with Crippen molar-refractivity contribution >= 4 is 31.9 Å². The van der Waals surface area contributed by atoms with Gasteiger partial charge in [0.1, 0.15) is 0 Å². The Bertz CT molecular complexity index is 549. The summed E-state index contributed by atoms with van der Waals surface area (Å²) in [5.41, 5.74) is 8.42. The van der Waals surface area contributed by atoms with Gasteiger partial charge in [0, 0.05) is 10.5 Å². The van der Waals surface area contributed by atoms with Gasteiger partial charge < -0.3 is 5.73 Å². The molecular weight excluding hydrogens is 358 g/mol. The van der Waals surface area contributed by atoms with Crippen LogP contribution in [-0.4, -0.2) is 9.78 Å². The van der Waals surface area contributed by atoms with Crippen molar-refractivity contribution in [2.45, 2.75) is 25.9 Å². The highest BCUT2D eigenvalue weighted by Crippen LogP contribution is 2.29. The van der Waals surface area contributed by atoms with Crippen molar-refractivity contribution in [1.82, 2.24) is 9.78 Å². The molecule has 2 N–H and O–H groups in total. The van der Waals surface area contributed by atoms with Crippen LogP contribution in [-0.2, 0) is 0 Å². The topological polar surface area (TPSA) is 43.8 Å². The number of benzene rings is 1. The van der Waals surface area contributed by atoms with Gasteiger partial charge in [-0.25, -0.2) is 0 Å². The Morgan fingerprint density at radius 3 is 2.61 bits per heavy atom. The predicted molar refractivity (Wildman–Crippen MR) is 80.5 cm³/mol. The first-order chi connectivity index (χ1) is 8.50. The molecule has 0 spiro atoms. The van der Waals surface area contributed by atoms with E-state index in [0.717, 1.165) is 20.2 Å². The standard InChI is InChI=1S/C13H15Br2N3/c1-8(2)18-13(11(15)7-17-18)12(16)9-4-3-5-10(14)6-9/h3-8,12H,16H2,1-2H3. The smallest absolute Gasteiger partial charge is 0.0742 e. The maximum absolute atomic E-state index is 6.36. The van der Waals surface area contributed by atoms with Crippen LogP contribution in [0.5, 0.6) is 0 Å². The molecule has 1 aromatic carbocycles. The van der Waals surface area contributed by atoms with Gasteiger partial charge in [0.05, 0.1) is 22.4 Å². The molecule has 1 heterocycles. The summed E-state index contributed by atoms with van der Waals surface area (Å²) in [7, 11) is 0. The molecule has 2 aromatic rings. The number of hydrogen-bond donors (Lipinski definition) is 1. The summed E-state index contributed by atoms with van der Waals surface area (Å²) in [6, 6.07) is 8.13. The summed E-state index contributed by atoms with van der Waals surface area (Å²) in [6.45, 7) is 4.19. The van der Waals surface area contributed by atoms with Crippen LogP contribution in [0.4, 0.5) is 0 Å². The molecule has 0 radical (unpaired) electrons. The van der Waals surface area contributed by atoms with Crippen molar-refractivity contribution in [1.29, 1.82) is 0 Å². The quantitative estimate of drug-likeness (QED) is 0.883. The van der Waals surface area contributed by atoms with Crippen molar-refractivity contribution in [2.75, 3.05) is 0 Å². The highest BCUT2D eigenvalue weighted by Gasteiger charge is 2.19. The number of rotatable bonds is 3. The van der Waals surface area contributed by atoms with Crippen molar-refractivity contribution < 1.29 is 0 Å². The first kappa shape index (κ1) is 13.8. The van der Waals surface area contributed by atoms with Gasteiger partial charge >= 0.3 is 0 Å². The monoisotopic (exact) mass is 371 g/mol. The lowest BCUT2D eigenvalue weighted by molar-refractivity contribution is 0.498. The van der Waals surface area contributed by atoms with Gasteiger partial charge in [-0.2, -0.15) is 5.10 Å². The van der Waals surface area contributed by atoms with E-state index in [1.165, 1.54) is 0 Å². The molecule has 0 bridgehead atoms. The molecule has 3 nitrogen and oxygen atoms in total. The summed E-state index contributed by atoms with van der Waals surface area (Å²) in [6.07, 6.45) is 1.80. The highest BCUT2D eigenvalue weighted by atomic mass is 79.9. The Hall–Kier alpha value is -0.650. The second kappa shape index (κ2) is 5.55. The molecule has 0 aliphatic rings. The third-order valence-electron chi connectivity index (χ3n) is 2.78. The highest BCUT2D eigenvalue weighted by molar-refractivity contribution is 9.10. The van der Waals surface area contributed by atoms with Crippen LogP contribution >= 0.6 is 31.9 Å². The first-order valence-corrected chi connectivity index (χ1v) is 7.33. The molecule has 2 rings (SSSR count). The minimum Gasteiger partial charge on any atom is -0.319 e. The Morgan fingerprint density at radius 1 is 1.28 bits per heavy atom. The van der Waals surface area contributed by atoms with Crippen LogP contribution in [0.1, 0.15) is 37.2 Å². The van der Waals surface area contributed by atoms with Gasteiger partial charge in [-0.1, -0.05) is 28.1 Å². The van der Waals surface area contributed by atoms with Gasteiger partial charge in [-0.05, 0) is 47.5 Å². The summed E-state index contributed by atoms with van der Waals surface area (Å²) >= 11 is 7.00. The van der Waals surface area contributed by atoms with E-state index in [1.54, 1.807) is 6.20 Å². The largest absolute Gasteiger partial charge is 0.319 e. The van der Waals surface area contributed by atoms with E-state index >= 15 is 0 Å². The van der Waals surface area contributed by atoms with E-state index in [4.69, 9.17) is 5.73 Å². The summed E-state index contributed by atoms with van der Waals surface area (Å²) < 4.78 is 3.93. The van der Waals surface area contributed by atoms with E-state index in [9.17, 15) is 0 Å². The van der Waals surface area contributed by atoms with Gasteiger partial charge in [0.25, 0.3) is 0 Å². The molecule has 5 heteroatoms. The maximum Gasteiger partial charge on any atom is 0.0742 e. The minimum atomic E-state index is -0.193. The zero-order valence-electron chi connectivity index (χ0n) is 10.3. The predicted octanol–water partition coefficient (Wildman–Crippen LogP) is 4.04. The number of hydrogen-bond acceptors (Lipinski definition) is 2. The van der Waals surface area contributed by atoms with E-state index in [-0.39, 0.29) is 12.1 Å². The normalized spacial score (nSPS) is 13.0. The first-order valence-electron chi connectivity index (χ1n) is 5.74. The van der Waals surface area contributed by atoms with Gasteiger partial charge in [-0.15, -0.1) is 0 Å². The molecule has 0 fully saturated rings. The fourth-order valence-electron chi connectivity index (χ4n) is 1.91. The number of halogens is 2. The van der Waals surface area contributed by atoms with Crippen LogP contribution in [0.25, 0.3) is 0 Å². The number of aromatic nitrogens is 2. The van der Waals surface area contributed by atoms with Crippen molar-refractivity contribution in [3.8, 4) is 0 Å². The summed E-state index contributed by atoms with van der Waals surface area (Å²) in [4.78, 5) is 0. The fourth-order valence-corrected chi connectivity index (χ4v) is 2.85. The Morgan fingerprint density at radius 2 is 2.00 bits per heavy atom. The van der Waals surface area contributed by atoms with Crippen LogP contribution in [0.3, 0.4) is 0 Å². The Labute approximate surface area is 124 Å². The Kier molecular flexibility index (Phi) is 4.25. The molecule has 0 saturated heterocycles. The summed E-state index contributed by atoms with van der Waals surface area (Å²) in [5.74, 6) is 0. The average molecular weight is 373 g/mol. The second-order valence-electron chi connectivity index (χ2n) is 4.45. The molecule has 0 saturated carbocycles. The SMILES string of the molecule is CC(C)n1ncc(Br)c1C(N)c1cccc(Br)c1. The second-order valence-corrected chi connectivity index (χ2v) is 6.22. The van der Waals surface area contributed by atoms with Gasteiger partial charge in [-0.3, -0.25) is 4.68 Å². The molecule has 96 valence electrons. The van der Waals surface area contributed by atoms with Crippen molar-refractivity contribution in [3.63, 3.8) is 0 Å². The Balaban J connectivity index is 2.45. The lowest BCUT2D eigenvalue weighted by Crippen LogP contribution is -2.19. The van der Waals surface area contributed by atoms with Crippen molar-refractivity contribution in [3.05, 3.63) is 50.7 Å². The van der Waals surface area contributed by atoms with Crippen LogP contribution in [0.2, 0.25) is 0 Å². The third kappa shape index (κ3) is 2.68. The maximum atomic E-state index is 6.36. The number of nitrogens with zero attached hydrogens (tertiary/aromatic N) is 2. The van der Waals surface area contributed by atoms with E-state index < -0.39 is 0 Å². The zero-order valence-corrected chi connectivity index (χ0v) is 13.4. The summed E-state index contributed by atoms with van der Waals surface area (Å²) in [5, 5.41) is 4.36. The van der Waals surface area contributed by atoms with Gasteiger partial charge in [0.2, 0.25) is 0 Å². The van der Waals surface area contributed by atoms with Crippen LogP contribution in [0, 0.1) is 0 Å². The fraction of sp³-hybridized carbons (Fsp3) is 0.308. The molecule has 1 unspecified atom stereocenters. The van der Waals surface area contributed by atoms with E-state index in [1.807, 2.05) is 28.9 Å².